The third kappa shape index (κ3) is 3.40. The summed E-state index contributed by atoms with van der Waals surface area (Å²) < 4.78 is 0. The number of nitrogens with zero attached hydrogens (tertiary/aromatic N) is 2. The number of nitrogens with one attached hydrogen (secondary N) is 1. The maximum Gasteiger partial charge on any atom is 0.488 e. The molecule has 1 heterocycles. The number of hydrazone groups is 1. The molecule has 0 aliphatic carbocycles. The van der Waals surface area contributed by atoms with Crippen LogP contribution in [0.2, 0.25) is 0 Å². The van der Waals surface area contributed by atoms with Gasteiger partial charge < -0.3 is 10.0 Å². The smallest absolute Gasteiger partial charge is 0.423 e. The molecule has 1 aromatic heterocycles. The zero-order valence-corrected chi connectivity index (χ0v) is 10.6. The van der Waals surface area contributed by atoms with Gasteiger partial charge in [-0.2, -0.15) is 5.10 Å². The van der Waals surface area contributed by atoms with Crippen molar-refractivity contribution in [3.05, 3.63) is 40.9 Å². The lowest BCUT2D eigenvalue weighted by Crippen LogP contribution is -2.29. The average molecular weight is 261 g/mol. The van der Waals surface area contributed by atoms with E-state index in [0.717, 1.165) is 16.4 Å². The van der Waals surface area contributed by atoms with Crippen LogP contribution in [-0.4, -0.2) is 28.4 Å². The van der Waals surface area contributed by atoms with E-state index >= 15 is 0 Å². The second-order valence-electron chi connectivity index (χ2n) is 3.70. The van der Waals surface area contributed by atoms with Crippen LogP contribution in [0.1, 0.15) is 11.3 Å². The van der Waals surface area contributed by atoms with Gasteiger partial charge in [0, 0.05) is 5.38 Å². The highest BCUT2D eigenvalue weighted by Crippen LogP contribution is 2.13. The molecule has 18 heavy (non-hydrogen) atoms. The Bertz CT molecular complexity index is 539. The Kier molecular flexibility index (Phi) is 4.09. The van der Waals surface area contributed by atoms with E-state index in [1.165, 1.54) is 11.3 Å². The van der Waals surface area contributed by atoms with Crippen molar-refractivity contribution in [3.8, 4) is 0 Å². The first-order chi connectivity index (χ1) is 8.65. The molecule has 7 heteroatoms. The van der Waals surface area contributed by atoms with Crippen LogP contribution in [0.15, 0.2) is 34.7 Å². The first-order valence-corrected chi connectivity index (χ1v) is 6.20. The normalized spacial score (nSPS) is 10.8. The number of thiazole rings is 1. The van der Waals surface area contributed by atoms with Crippen molar-refractivity contribution < 1.29 is 10.0 Å². The van der Waals surface area contributed by atoms with Gasteiger partial charge in [0.2, 0.25) is 5.13 Å². The highest BCUT2D eigenvalue weighted by atomic mass is 32.1. The van der Waals surface area contributed by atoms with Crippen LogP contribution >= 0.6 is 11.3 Å². The van der Waals surface area contributed by atoms with E-state index in [9.17, 15) is 0 Å². The summed E-state index contributed by atoms with van der Waals surface area (Å²) in [6.45, 7) is 1.92. The Morgan fingerprint density at radius 1 is 1.33 bits per heavy atom. The fourth-order valence-electron chi connectivity index (χ4n) is 1.32. The molecule has 0 fully saturated rings. The minimum absolute atomic E-state index is 0.454. The number of aryl methyl sites for hydroxylation is 1. The monoisotopic (exact) mass is 261 g/mol. The molecule has 0 radical (unpaired) electrons. The largest absolute Gasteiger partial charge is 0.488 e. The Labute approximate surface area is 109 Å². The quantitative estimate of drug-likeness (QED) is 0.427. The lowest BCUT2D eigenvalue weighted by molar-refractivity contribution is 0.426. The van der Waals surface area contributed by atoms with E-state index in [2.05, 4.69) is 15.5 Å². The van der Waals surface area contributed by atoms with Gasteiger partial charge in [0.1, 0.15) is 0 Å². The Morgan fingerprint density at radius 2 is 2.06 bits per heavy atom. The number of hydrogen-bond donors (Lipinski definition) is 3. The average Bonchev–Trinajstić information content (AvgIpc) is 2.76. The van der Waals surface area contributed by atoms with Gasteiger partial charge in [-0.1, -0.05) is 24.3 Å². The number of aromatic nitrogens is 1. The van der Waals surface area contributed by atoms with E-state index in [4.69, 9.17) is 10.0 Å². The van der Waals surface area contributed by atoms with Crippen molar-refractivity contribution in [3.63, 3.8) is 0 Å². The summed E-state index contributed by atoms with van der Waals surface area (Å²) in [7, 11) is -1.44. The van der Waals surface area contributed by atoms with Crippen molar-refractivity contribution in [2.45, 2.75) is 6.92 Å². The molecule has 1 aromatic carbocycles. The van der Waals surface area contributed by atoms with E-state index in [0.29, 0.717) is 5.46 Å². The fourth-order valence-corrected chi connectivity index (χ4v) is 1.96. The third-order valence-electron chi connectivity index (χ3n) is 2.23. The molecule has 0 saturated carbocycles. The van der Waals surface area contributed by atoms with Gasteiger partial charge in [0.25, 0.3) is 0 Å². The molecule has 0 atom stereocenters. The van der Waals surface area contributed by atoms with Gasteiger partial charge in [-0.3, -0.25) is 5.43 Å². The summed E-state index contributed by atoms with van der Waals surface area (Å²) in [5, 5.41) is 24.6. The molecule has 0 bridgehead atoms. The molecule has 2 aromatic rings. The van der Waals surface area contributed by atoms with Gasteiger partial charge >= 0.3 is 7.12 Å². The van der Waals surface area contributed by atoms with Gasteiger partial charge in [0.15, 0.2) is 0 Å². The van der Waals surface area contributed by atoms with Crippen LogP contribution in [0.5, 0.6) is 0 Å². The van der Waals surface area contributed by atoms with Crippen LogP contribution in [0.25, 0.3) is 0 Å². The maximum absolute atomic E-state index is 8.94. The van der Waals surface area contributed by atoms with E-state index in [1.807, 2.05) is 12.3 Å². The second-order valence-corrected chi connectivity index (χ2v) is 4.56. The van der Waals surface area contributed by atoms with Crippen LogP contribution in [0.4, 0.5) is 5.13 Å². The highest BCUT2D eigenvalue weighted by Gasteiger charge is 2.08. The number of benzene rings is 1. The standard InChI is InChI=1S/C11H12BN3O2S/c1-8-7-18-11(14-8)15-13-6-9-2-4-10(5-3-9)12(16)17/h2-7,16-17H,1H3,(H,14,15). The molecule has 92 valence electrons. The van der Waals surface area contributed by atoms with Gasteiger partial charge in [-0.05, 0) is 17.9 Å². The number of rotatable bonds is 4. The summed E-state index contributed by atoms with van der Waals surface area (Å²) in [6, 6.07) is 6.79. The lowest BCUT2D eigenvalue weighted by Gasteiger charge is -1.99. The first-order valence-electron chi connectivity index (χ1n) is 5.32. The molecule has 2 rings (SSSR count). The molecular formula is C11H12BN3O2S. The summed E-state index contributed by atoms with van der Waals surface area (Å²) in [4.78, 5) is 4.21. The van der Waals surface area contributed by atoms with Gasteiger partial charge in [-0.15, -0.1) is 11.3 Å². The number of hydrogen-bond acceptors (Lipinski definition) is 6. The SMILES string of the molecule is Cc1csc(NN=Cc2ccc(B(O)O)cc2)n1. The van der Waals surface area contributed by atoms with E-state index in [1.54, 1.807) is 30.5 Å². The molecule has 0 aliphatic rings. The van der Waals surface area contributed by atoms with Crippen LogP contribution < -0.4 is 10.9 Å². The second kappa shape index (κ2) is 5.77. The molecule has 0 spiro atoms. The molecule has 0 amide bonds. The highest BCUT2D eigenvalue weighted by molar-refractivity contribution is 7.13. The summed E-state index contributed by atoms with van der Waals surface area (Å²) in [5.41, 5.74) is 5.10. The predicted molar refractivity (Wildman–Crippen MR) is 74.3 cm³/mol. The molecule has 0 aliphatic heterocycles. The summed E-state index contributed by atoms with van der Waals surface area (Å²) in [6.07, 6.45) is 1.64. The molecule has 0 saturated heterocycles. The Morgan fingerprint density at radius 3 is 2.61 bits per heavy atom. The maximum atomic E-state index is 8.94. The minimum Gasteiger partial charge on any atom is -0.423 e. The first kappa shape index (κ1) is 12.8. The van der Waals surface area contributed by atoms with Crippen LogP contribution in [0.3, 0.4) is 0 Å². The molecule has 5 nitrogen and oxygen atoms in total. The Balaban J connectivity index is 1.96. The van der Waals surface area contributed by atoms with Crippen LogP contribution in [0, 0.1) is 6.92 Å². The summed E-state index contributed by atoms with van der Waals surface area (Å²) >= 11 is 1.49. The summed E-state index contributed by atoms with van der Waals surface area (Å²) in [5.74, 6) is 0. The topological polar surface area (TPSA) is 77.7 Å². The van der Waals surface area contributed by atoms with Gasteiger partial charge in [0.05, 0.1) is 11.9 Å². The minimum atomic E-state index is -1.44. The van der Waals surface area contributed by atoms with Gasteiger partial charge in [-0.25, -0.2) is 4.98 Å². The van der Waals surface area contributed by atoms with E-state index in [-0.39, 0.29) is 0 Å². The fraction of sp³-hybridized carbons (Fsp3) is 0.0909. The predicted octanol–water partition coefficient (Wildman–Crippen LogP) is 0.577. The third-order valence-corrected chi connectivity index (χ3v) is 3.09. The van der Waals surface area contributed by atoms with Crippen molar-refractivity contribution in [1.29, 1.82) is 0 Å². The lowest BCUT2D eigenvalue weighted by atomic mass is 9.80. The van der Waals surface area contributed by atoms with Crippen molar-refractivity contribution in [2.24, 2.45) is 5.10 Å². The van der Waals surface area contributed by atoms with Crippen molar-refractivity contribution >= 4 is 35.3 Å². The molecule has 3 N–H and O–H groups in total. The van der Waals surface area contributed by atoms with Crippen LogP contribution in [-0.2, 0) is 0 Å². The van der Waals surface area contributed by atoms with Crippen molar-refractivity contribution in [1.82, 2.24) is 4.98 Å². The molecular weight excluding hydrogens is 249 g/mol. The van der Waals surface area contributed by atoms with Crippen molar-refractivity contribution in [2.75, 3.05) is 5.43 Å². The zero-order valence-electron chi connectivity index (χ0n) is 9.74. The van der Waals surface area contributed by atoms with E-state index < -0.39 is 7.12 Å². The number of anilines is 1. The molecule has 0 unspecified atom stereocenters. The Hall–Kier alpha value is -1.70. The zero-order chi connectivity index (χ0) is 13.0.